The van der Waals surface area contributed by atoms with Gasteiger partial charge in [-0.25, -0.2) is 9.37 Å². The van der Waals surface area contributed by atoms with Crippen LogP contribution in [0.25, 0.3) is 0 Å². The second kappa shape index (κ2) is 7.66. The van der Waals surface area contributed by atoms with Crippen LogP contribution in [0.1, 0.15) is 62.5 Å². The number of hydrogen-bond acceptors (Lipinski definition) is 5. The first kappa shape index (κ1) is 19.3. The molecule has 146 valence electrons. The fourth-order valence-corrected chi connectivity index (χ4v) is 2.94. The minimum atomic E-state index is -0.560. The largest absolute Gasteiger partial charge is 0.488 e. The number of fused-ring (bicyclic) bond motifs is 1. The van der Waals surface area contributed by atoms with Crippen LogP contribution in [0.15, 0.2) is 24.2 Å². The Hall–Kier alpha value is -2.44. The molecule has 0 unspecified atom stereocenters. The highest BCUT2D eigenvalue weighted by Gasteiger charge is 2.39. The van der Waals surface area contributed by atoms with Crippen LogP contribution < -0.4 is 4.74 Å². The molecule has 3 rings (SSSR count). The Morgan fingerprint density at radius 3 is 2.74 bits per heavy atom. The molecule has 1 saturated carbocycles. The lowest BCUT2D eigenvalue weighted by atomic mass is 10.1. The lowest BCUT2D eigenvalue weighted by Crippen LogP contribution is -2.26. The second-order valence-electron chi connectivity index (χ2n) is 7.99. The first-order valence-electron chi connectivity index (χ1n) is 9.19. The molecule has 1 amide bonds. The summed E-state index contributed by atoms with van der Waals surface area (Å²) in [5.41, 5.74) is 1.11. The van der Waals surface area contributed by atoms with Crippen molar-refractivity contribution in [1.29, 1.82) is 0 Å². The van der Waals surface area contributed by atoms with E-state index in [1.54, 1.807) is 26.8 Å². The molecule has 1 aromatic rings. The van der Waals surface area contributed by atoms with Gasteiger partial charge in [0.25, 0.3) is 5.91 Å². The lowest BCUT2D eigenvalue weighted by molar-refractivity contribution is -0.154. The number of ether oxygens (including phenoxy) is 2. The third-order valence-corrected chi connectivity index (χ3v) is 4.38. The van der Waals surface area contributed by atoms with Gasteiger partial charge in [-0.2, -0.15) is 0 Å². The van der Waals surface area contributed by atoms with Crippen molar-refractivity contribution in [3.63, 3.8) is 0 Å². The Kier molecular flexibility index (Phi) is 5.48. The highest BCUT2D eigenvalue weighted by molar-refractivity contribution is 5.96. The van der Waals surface area contributed by atoms with Gasteiger partial charge >= 0.3 is 5.97 Å². The molecule has 1 aromatic heterocycles. The summed E-state index contributed by atoms with van der Waals surface area (Å²) in [7, 11) is 0. The predicted molar refractivity (Wildman–Crippen MR) is 96.9 cm³/mol. The first-order valence-corrected chi connectivity index (χ1v) is 9.19. The van der Waals surface area contributed by atoms with E-state index < -0.39 is 5.60 Å². The van der Waals surface area contributed by atoms with Gasteiger partial charge in [0.1, 0.15) is 23.7 Å². The Balaban J connectivity index is 1.51. The SMILES string of the molecule is CC(C)(C)OC(=O)CC/C(=C/F)COc1cnc2c(c1)CN(C1CC1)C2=O. The van der Waals surface area contributed by atoms with Crippen LogP contribution in [-0.2, 0) is 16.1 Å². The number of amides is 1. The van der Waals surface area contributed by atoms with Crippen LogP contribution >= 0.6 is 0 Å². The van der Waals surface area contributed by atoms with Crippen LogP contribution in [0.2, 0.25) is 0 Å². The van der Waals surface area contributed by atoms with E-state index in [0.717, 1.165) is 18.4 Å². The zero-order valence-electron chi connectivity index (χ0n) is 16.0. The van der Waals surface area contributed by atoms with Crippen LogP contribution in [-0.4, -0.2) is 40.0 Å². The van der Waals surface area contributed by atoms with Crippen molar-refractivity contribution in [3.05, 3.63) is 35.4 Å². The third-order valence-electron chi connectivity index (χ3n) is 4.38. The van der Waals surface area contributed by atoms with Crippen LogP contribution in [0, 0.1) is 0 Å². The van der Waals surface area contributed by atoms with Gasteiger partial charge in [0.15, 0.2) is 0 Å². The molecule has 0 atom stereocenters. The van der Waals surface area contributed by atoms with Gasteiger partial charge in [-0.1, -0.05) is 0 Å². The topological polar surface area (TPSA) is 68.7 Å². The highest BCUT2D eigenvalue weighted by atomic mass is 19.1. The molecule has 2 heterocycles. The summed E-state index contributed by atoms with van der Waals surface area (Å²) in [6.45, 7) is 5.93. The fourth-order valence-electron chi connectivity index (χ4n) is 2.94. The van der Waals surface area contributed by atoms with E-state index in [-0.39, 0.29) is 31.3 Å². The van der Waals surface area contributed by atoms with Crippen molar-refractivity contribution < 1.29 is 23.5 Å². The minimum absolute atomic E-state index is 0.0139. The van der Waals surface area contributed by atoms with Crippen molar-refractivity contribution in [2.24, 2.45) is 0 Å². The van der Waals surface area contributed by atoms with Crippen LogP contribution in [0.5, 0.6) is 5.75 Å². The summed E-state index contributed by atoms with van der Waals surface area (Å²) in [5.74, 6) is 0.0799. The molecule has 1 aliphatic carbocycles. The fraction of sp³-hybridized carbons (Fsp3) is 0.550. The van der Waals surface area contributed by atoms with Crippen molar-refractivity contribution in [3.8, 4) is 5.75 Å². The van der Waals surface area contributed by atoms with Gasteiger partial charge in [0.05, 0.1) is 12.5 Å². The van der Waals surface area contributed by atoms with E-state index in [2.05, 4.69) is 4.98 Å². The molecule has 0 bridgehead atoms. The number of pyridine rings is 1. The molecule has 6 nitrogen and oxygen atoms in total. The van der Waals surface area contributed by atoms with Gasteiger partial charge in [-0.3, -0.25) is 9.59 Å². The predicted octanol–water partition coefficient (Wildman–Crippen LogP) is 3.55. The number of halogens is 1. The molecular formula is C20H25FN2O4. The first-order chi connectivity index (χ1) is 12.8. The third kappa shape index (κ3) is 5.05. The molecule has 0 radical (unpaired) electrons. The molecule has 1 aliphatic heterocycles. The van der Waals surface area contributed by atoms with Gasteiger partial charge in [-0.15, -0.1) is 0 Å². The van der Waals surface area contributed by atoms with E-state index in [1.807, 2.05) is 4.90 Å². The van der Waals surface area contributed by atoms with Gasteiger partial charge in [0.2, 0.25) is 0 Å². The Bertz CT molecular complexity index is 766. The van der Waals surface area contributed by atoms with Crippen LogP contribution in [0.3, 0.4) is 0 Å². The van der Waals surface area contributed by atoms with Crippen molar-refractivity contribution >= 4 is 11.9 Å². The summed E-state index contributed by atoms with van der Waals surface area (Å²) >= 11 is 0. The van der Waals surface area contributed by atoms with E-state index in [4.69, 9.17) is 9.47 Å². The molecule has 27 heavy (non-hydrogen) atoms. The molecule has 7 heteroatoms. The maximum Gasteiger partial charge on any atom is 0.306 e. The Morgan fingerprint density at radius 1 is 1.37 bits per heavy atom. The smallest absolute Gasteiger partial charge is 0.306 e. The van der Waals surface area contributed by atoms with Gasteiger partial charge < -0.3 is 14.4 Å². The minimum Gasteiger partial charge on any atom is -0.488 e. The Labute approximate surface area is 158 Å². The number of rotatable bonds is 7. The summed E-state index contributed by atoms with van der Waals surface area (Å²) < 4.78 is 23.9. The molecule has 0 spiro atoms. The maximum absolute atomic E-state index is 13.1. The van der Waals surface area contributed by atoms with Crippen LogP contribution in [0.4, 0.5) is 4.39 Å². The molecule has 0 N–H and O–H groups in total. The summed E-state index contributed by atoms with van der Waals surface area (Å²) in [4.78, 5) is 30.1. The van der Waals surface area contributed by atoms with E-state index in [9.17, 15) is 14.0 Å². The average molecular weight is 376 g/mol. The maximum atomic E-state index is 13.1. The van der Waals surface area contributed by atoms with E-state index >= 15 is 0 Å². The Morgan fingerprint density at radius 2 is 2.11 bits per heavy atom. The van der Waals surface area contributed by atoms with Gasteiger partial charge in [0, 0.05) is 24.6 Å². The zero-order chi connectivity index (χ0) is 19.6. The molecule has 0 aromatic carbocycles. The standard InChI is InChI=1S/C20H25FN2O4/c1-20(2,3)27-17(24)7-4-13(9-21)12-26-16-8-14-11-23(15-5-6-15)19(25)18(14)22-10-16/h8-10,15H,4-7,11-12H2,1-3H3/b13-9-. The zero-order valence-corrected chi connectivity index (χ0v) is 16.0. The molecule has 1 fully saturated rings. The normalized spacial score (nSPS) is 17.1. The highest BCUT2D eigenvalue weighted by Crippen LogP contribution is 2.34. The van der Waals surface area contributed by atoms with E-state index in [1.165, 1.54) is 6.20 Å². The van der Waals surface area contributed by atoms with Crippen molar-refractivity contribution in [1.82, 2.24) is 9.88 Å². The number of carbonyl (C=O) groups excluding carboxylic acids is 2. The summed E-state index contributed by atoms with van der Waals surface area (Å²) in [5, 5.41) is 0. The number of hydrogen-bond donors (Lipinski definition) is 0. The second-order valence-corrected chi connectivity index (χ2v) is 7.99. The molecule has 0 saturated heterocycles. The summed E-state index contributed by atoms with van der Waals surface area (Å²) in [6, 6.07) is 2.12. The number of aromatic nitrogens is 1. The van der Waals surface area contributed by atoms with Crippen molar-refractivity contribution in [2.45, 2.75) is 64.6 Å². The molecular weight excluding hydrogens is 351 g/mol. The quantitative estimate of drug-likeness (QED) is 0.681. The lowest BCUT2D eigenvalue weighted by Gasteiger charge is -2.19. The number of esters is 1. The van der Waals surface area contributed by atoms with Crippen molar-refractivity contribution in [2.75, 3.05) is 6.61 Å². The number of carbonyl (C=O) groups is 2. The van der Waals surface area contributed by atoms with Gasteiger partial charge in [-0.05, 0) is 51.7 Å². The monoisotopic (exact) mass is 376 g/mol. The molecule has 2 aliphatic rings. The summed E-state index contributed by atoms with van der Waals surface area (Å²) in [6.07, 6.45) is 4.35. The average Bonchev–Trinajstić information content (AvgIpc) is 3.38. The van der Waals surface area contributed by atoms with E-state index in [0.29, 0.717) is 35.9 Å². The number of nitrogens with zero attached hydrogens (tertiary/aromatic N) is 2.